The molecule has 1 saturated heterocycles. The fraction of sp³-hybridized carbons (Fsp3) is 0.667. The largest absolute Gasteiger partial charge is 0.493 e. The average Bonchev–Trinajstić information content (AvgIpc) is 2.41. The molecule has 0 spiro atoms. The molecule has 0 bridgehead atoms. The Kier molecular flexibility index (Phi) is 6.24. The van der Waals surface area contributed by atoms with Crippen LogP contribution in [0.5, 0.6) is 5.75 Å². The fourth-order valence-corrected chi connectivity index (χ4v) is 2.94. The molecule has 1 aliphatic rings. The van der Waals surface area contributed by atoms with Gasteiger partial charge in [0.05, 0.1) is 24.9 Å². The molecule has 124 valence electrons. The minimum atomic E-state index is -0.357. The Labute approximate surface area is 134 Å². The Morgan fingerprint density at radius 3 is 2.55 bits per heavy atom. The van der Waals surface area contributed by atoms with Gasteiger partial charge in [0.15, 0.2) is 0 Å². The minimum Gasteiger partial charge on any atom is -0.493 e. The van der Waals surface area contributed by atoms with E-state index in [1.807, 2.05) is 12.1 Å². The van der Waals surface area contributed by atoms with E-state index in [2.05, 4.69) is 38.7 Å². The fourth-order valence-electron chi connectivity index (χ4n) is 2.94. The highest BCUT2D eigenvalue weighted by Crippen LogP contribution is 2.17. The van der Waals surface area contributed by atoms with Crippen molar-refractivity contribution in [2.24, 2.45) is 0 Å². The van der Waals surface area contributed by atoms with E-state index in [0.717, 1.165) is 18.8 Å². The van der Waals surface area contributed by atoms with E-state index in [4.69, 9.17) is 9.47 Å². The van der Waals surface area contributed by atoms with Crippen molar-refractivity contribution in [2.75, 3.05) is 26.2 Å². The molecule has 22 heavy (non-hydrogen) atoms. The molecule has 1 aromatic carbocycles. The summed E-state index contributed by atoms with van der Waals surface area (Å²) in [5, 5.41) is 10.2. The van der Waals surface area contributed by atoms with Gasteiger partial charge in [-0.15, -0.1) is 0 Å². The van der Waals surface area contributed by atoms with Gasteiger partial charge in [-0.3, -0.25) is 4.90 Å². The second-order valence-corrected chi connectivity index (χ2v) is 6.51. The molecule has 0 radical (unpaired) electrons. The van der Waals surface area contributed by atoms with Gasteiger partial charge in [0.25, 0.3) is 0 Å². The first-order valence-corrected chi connectivity index (χ1v) is 8.20. The van der Waals surface area contributed by atoms with Crippen molar-refractivity contribution in [1.82, 2.24) is 4.90 Å². The van der Waals surface area contributed by atoms with Gasteiger partial charge in [-0.1, -0.05) is 6.07 Å². The number of β-amino-alcohol motifs (C(OH)–C–C–N with tert-alkyl or cyclic N) is 1. The Hall–Kier alpha value is -1.10. The molecule has 3 atom stereocenters. The summed E-state index contributed by atoms with van der Waals surface area (Å²) in [6, 6.07) is 6.10. The lowest BCUT2D eigenvalue weighted by Gasteiger charge is -2.36. The molecular formula is C18H29NO3. The summed E-state index contributed by atoms with van der Waals surface area (Å²) < 4.78 is 11.5. The first-order chi connectivity index (χ1) is 10.4. The molecule has 0 aliphatic carbocycles. The van der Waals surface area contributed by atoms with E-state index in [9.17, 15) is 5.11 Å². The summed E-state index contributed by atoms with van der Waals surface area (Å²) in [5.74, 6) is 0.879. The van der Waals surface area contributed by atoms with Crippen molar-refractivity contribution < 1.29 is 14.6 Å². The number of aryl methyl sites for hydroxylation is 2. The summed E-state index contributed by atoms with van der Waals surface area (Å²) in [4.78, 5) is 2.28. The van der Waals surface area contributed by atoms with E-state index in [1.54, 1.807) is 0 Å². The molecule has 4 nitrogen and oxygen atoms in total. The van der Waals surface area contributed by atoms with Crippen LogP contribution in [0.4, 0.5) is 0 Å². The van der Waals surface area contributed by atoms with Crippen LogP contribution in [0.1, 0.15) is 31.4 Å². The van der Waals surface area contributed by atoms with E-state index in [0.29, 0.717) is 19.6 Å². The van der Waals surface area contributed by atoms with Crippen LogP contribution < -0.4 is 4.74 Å². The number of aliphatic hydroxyl groups excluding tert-OH is 1. The van der Waals surface area contributed by atoms with Crippen LogP contribution in [-0.2, 0) is 4.74 Å². The van der Waals surface area contributed by atoms with Gasteiger partial charge >= 0.3 is 0 Å². The molecule has 1 fully saturated rings. The number of hydrogen-bond acceptors (Lipinski definition) is 4. The van der Waals surface area contributed by atoms with Crippen molar-refractivity contribution in [1.29, 1.82) is 0 Å². The lowest BCUT2D eigenvalue weighted by atomic mass is 10.1. The normalized spacial score (nSPS) is 24.2. The molecule has 1 aromatic rings. The molecule has 3 unspecified atom stereocenters. The third-order valence-corrected chi connectivity index (χ3v) is 4.16. The van der Waals surface area contributed by atoms with Crippen molar-refractivity contribution in [3.63, 3.8) is 0 Å². The first-order valence-electron chi connectivity index (χ1n) is 8.20. The van der Waals surface area contributed by atoms with Crippen molar-refractivity contribution >= 4 is 0 Å². The smallest absolute Gasteiger partial charge is 0.119 e. The predicted molar refractivity (Wildman–Crippen MR) is 88.5 cm³/mol. The van der Waals surface area contributed by atoms with Gasteiger partial charge in [0.1, 0.15) is 5.75 Å². The Morgan fingerprint density at radius 2 is 1.91 bits per heavy atom. The molecule has 0 aromatic heterocycles. The minimum absolute atomic E-state index is 0.239. The lowest BCUT2D eigenvalue weighted by molar-refractivity contribution is -0.0772. The van der Waals surface area contributed by atoms with Crippen LogP contribution in [0.3, 0.4) is 0 Å². The highest BCUT2D eigenvalue weighted by molar-refractivity contribution is 5.33. The summed E-state index contributed by atoms with van der Waals surface area (Å²) in [6.45, 7) is 11.3. The molecule has 1 aliphatic heterocycles. The highest BCUT2D eigenvalue weighted by Gasteiger charge is 2.23. The molecule has 1 heterocycles. The number of nitrogens with zero attached hydrogens (tertiary/aromatic N) is 1. The number of aliphatic hydroxyl groups is 1. The van der Waals surface area contributed by atoms with Crippen molar-refractivity contribution in [2.45, 2.75) is 52.4 Å². The summed E-state index contributed by atoms with van der Waals surface area (Å²) in [5.41, 5.74) is 2.50. The molecule has 4 heteroatoms. The maximum atomic E-state index is 10.2. The second kappa shape index (κ2) is 7.95. The van der Waals surface area contributed by atoms with E-state index in [-0.39, 0.29) is 18.3 Å². The maximum Gasteiger partial charge on any atom is 0.119 e. The van der Waals surface area contributed by atoms with Crippen LogP contribution in [0.2, 0.25) is 0 Å². The van der Waals surface area contributed by atoms with Gasteiger partial charge in [-0.2, -0.15) is 0 Å². The maximum absolute atomic E-state index is 10.2. The Bertz CT molecular complexity index is 467. The molecule has 1 N–H and O–H groups in total. The molecule has 2 rings (SSSR count). The van der Waals surface area contributed by atoms with E-state index in [1.165, 1.54) is 11.1 Å². The molecule has 0 amide bonds. The quantitative estimate of drug-likeness (QED) is 0.877. The number of ether oxygens (including phenoxy) is 2. The zero-order valence-electron chi connectivity index (χ0n) is 14.2. The van der Waals surface area contributed by atoms with Gasteiger partial charge in [0.2, 0.25) is 0 Å². The van der Waals surface area contributed by atoms with Crippen molar-refractivity contribution in [3.05, 3.63) is 29.3 Å². The van der Waals surface area contributed by atoms with Crippen LogP contribution in [-0.4, -0.2) is 54.6 Å². The molecule has 0 saturated carbocycles. The topological polar surface area (TPSA) is 41.9 Å². The number of benzene rings is 1. The summed E-state index contributed by atoms with van der Waals surface area (Å²) in [7, 11) is 0. The lowest BCUT2D eigenvalue weighted by Crippen LogP contribution is -2.48. The number of morpholine rings is 1. The van der Waals surface area contributed by atoms with Crippen LogP contribution >= 0.6 is 0 Å². The zero-order chi connectivity index (χ0) is 16.1. The number of hydrogen-bond donors (Lipinski definition) is 1. The summed E-state index contributed by atoms with van der Waals surface area (Å²) in [6.07, 6.45) is 0.766. The van der Waals surface area contributed by atoms with E-state index >= 15 is 0 Å². The Morgan fingerprint density at radius 1 is 1.23 bits per heavy atom. The van der Waals surface area contributed by atoms with Crippen LogP contribution in [0.25, 0.3) is 0 Å². The summed E-state index contributed by atoms with van der Waals surface area (Å²) >= 11 is 0. The zero-order valence-corrected chi connectivity index (χ0v) is 14.2. The first kappa shape index (κ1) is 17.3. The van der Waals surface area contributed by atoms with Crippen LogP contribution in [0, 0.1) is 13.8 Å². The highest BCUT2D eigenvalue weighted by atomic mass is 16.5. The van der Waals surface area contributed by atoms with Crippen LogP contribution in [0.15, 0.2) is 18.2 Å². The second-order valence-electron chi connectivity index (χ2n) is 6.51. The average molecular weight is 307 g/mol. The Balaban J connectivity index is 1.71. The van der Waals surface area contributed by atoms with Gasteiger partial charge in [-0.05, 0) is 51.0 Å². The number of rotatable bonds is 6. The standard InChI is InChI=1S/C18H29NO3/c1-13-5-6-18(9-14(13)2)21-8-7-17(20)12-19-10-15(3)22-16(4)11-19/h5-6,9,15-17,20H,7-8,10-12H2,1-4H3. The SMILES string of the molecule is Cc1ccc(OCCC(O)CN2CC(C)OC(C)C2)cc1C. The van der Waals surface area contributed by atoms with Gasteiger partial charge in [0, 0.05) is 26.1 Å². The van der Waals surface area contributed by atoms with Gasteiger partial charge in [-0.25, -0.2) is 0 Å². The monoisotopic (exact) mass is 307 g/mol. The predicted octanol–water partition coefficient (Wildman–Crippen LogP) is 2.54. The van der Waals surface area contributed by atoms with Gasteiger partial charge < -0.3 is 14.6 Å². The third kappa shape index (κ3) is 5.27. The molecular weight excluding hydrogens is 278 g/mol. The van der Waals surface area contributed by atoms with E-state index < -0.39 is 0 Å². The van der Waals surface area contributed by atoms with Crippen molar-refractivity contribution in [3.8, 4) is 5.75 Å². The third-order valence-electron chi connectivity index (χ3n) is 4.16.